The molecule has 0 N–H and O–H groups in total. The van der Waals surface area contributed by atoms with E-state index in [2.05, 4.69) is 179 Å². The van der Waals surface area contributed by atoms with E-state index in [1.54, 1.807) is 0 Å². The largest absolute Gasteiger partial charge is 0.530 e. The highest BCUT2D eigenvalue weighted by Crippen LogP contribution is 2.52. The zero-order valence-electron chi connectivity index (χ0n) is 66.3. The molecule has 0 radical (unpaired) electrons. The second-order valence-corrected chi connectivity index (χ2v) is 35.2. The van der Waals surface area contributed by atoms with E-state index in [0.717, 1.165) is 36.5 Å². The molecule has 3 nitrogen and oxygen atoms in total. The molecule has 0 bridgehead atoms. The van der Waals surface area contributed by atoms with Crippen LogP contribution < -0.4 is 13.6 Å². The van der Waals surface area contributed by atoms with E-state index in [4.69, 9.17) is 13.6 Å². The van der Waals surface area contributed by atoms with Crippen molar-refractivity contribution in [1.82, 2.24) is 0 Å². The molecule has 0 aliphatic heterocycles. The van der Waals surface area contributed by atoms with Gasteiger partial charge in [0, 0.05) is 16.7 Å². The minimum absolute atomic E-state index is 0.0318. The van der Waals surface area contributed by atoms with Gasteiger partial charge in [-0.3, -0.25) is 0 Å². The first-order valence-electron chi connectivity index (χ1n) is 41.2. The highest BCUT2D eigenvalue weighted by atomic mass is 31.2. The van der Waals surface area contributed by atoms with Gasteiger partial charge in [-0.25, -0.2) is 0 Å². The third-order valence-corrected chi connectivity index (χ3v) is 23.5. The molecule has 0 heterocycles. The van der Waals surface area contributed by atoms with E-state index in [1.165, 1.54) is 322 Å². The minimum atomic E-state index is -2.02. The van der Waals surface area contributed by atoms with Crippen LogP contribution in [0.2, 0.25) is 0 Å². The van der Waals surface area contributed by atoms with Crippen LogP contribution in [0.25, 0.3) is 0 Å². The molecule has 542 valence electrons. The Morgan fingerprint density at radius 2 is 0.372 bits per heavy atom. The Kier molecular flexibility index (Phi) is 43.3. The third kappa shape index (κ3) is 33.6. The number of unbranched alkanes of at least 4 members (excludes halogenated alkanes) is 36. The van der Waals surface area contributed by atoms with Crippen LogP contribution in [0.3, 0.4) is 0 Å². The maximum atomic E-state index is 7.77. The van der Waals surface area contributed by atoms with Gasteiger partial charge in [0.1, 0.15) is 17.2 Å². The first-order chi connectivity index (χ1) is 44.9. The molecule has 3 rings (SSSR count). The molecule has 0 saturated carbocycles. The second-order valence-electron chi connectivity index (χ2n) is 34.2. The molecular formula is C90H159O3P. The molecule has 0 spiro atoms. The molecule has 0 aromatic heterocycles. The molecule has 94 heavy (non-hydrogen) atoms. The molecule has 0 atom stereocenters. The molecule has 0 fully saturated rings. The van der Waals surface area contributed by atoms with Crippen molar-refractivity contribution >= 4 is 8.60 Å². The topological polar surface area (TPSA) is 27.7 Å². The lowest BCUT2D eigenvalue weighted by Gasteiger charge is -2.34. The summed E-state index contributed by atoms with van der Waals surface area (Å²) in [5, 5.41) is 0. The molecule has 0 amide bonds. The van der Waals surface area contributed by atoms with Crippen molar-refractivity contribution in [3.63, 3.8) is 0 Å². The average molecular weight is 1320 g/mol. The Morgan fingerprint density at radius 1 is 0.213 bits per heavy atom. The summed E-state index contributed by atoms with van der Waals surface area (Å²) in [7, 11) is -2.02. The molecule has 3 aromatic rings. The predicted octanol–water partition coefficient (Wildman–Crippen LogP) is 32.0. The van der Waals surface area contributed by atoms with Crippen LogP contribution in [0, 0.1) is 0 Å². The van der Waals surface area contributed by atoms with Crippen molar-refractivity contribution in [2.24, 2.45) is 0 Å². The fraction of sp³-hybridized carbons (Fsp3) is 0.800. The van der Waals surface area contributed by atoms with Gasteiger partial charge in [-0.2, -0.15) is 0 Å². The highest BCUT2D eigenvalue weighted by molar-refractivity contribution is 7.43. The van der Waals surface area contributed by atoms with Crippen molar-refractivity contribution < 1.29 is 13.6 Å². The van der Waals surface area contributed by atoms with Gasteiger partial charge in [0.05, 0.1) is 0 Å². The Hall–Kier alpha value is -2.51. The third-order valence-electron chi connectivity index (χ3n) is 22.4. The molecule has 0 aliphatic rings. The lowest BCUT2D eigenvalue weighted by Crippen LogP contribution is -2.24. The summed E-state index contributed by atoms with van der Waals surface area (Å²) in [5.41, 5.74) is 7.86. The molecule has 0 saturated heterocycles. The lowest BCUT2D eigenvalue weighted by molar-refractivity contribution is 0.357. The number of rotatable bonds is 60. The predicted molar refractivity (Wildman–Crippen MR) is 422 cm³/mol. The second kappa shape index (κ2) is 47.5. The van der Waals surface area contributed by atoms with Crippen molar-refractivity contribution in [3.05, 3.63) is 88.0 Å². The molecule has 3 aromatic carbocycles. The van der Waals surface area contributed by atoms with Crippen molar-refractivity contribution in [2.45, 2.75) is 465 Å². The van der Waals surface area contributed by atoms with Crippen LogP contribution in [0.1, 0.15) is 466 Å². The Balaban J connectivity index is 2.37. The van der Waals surface area contributed by atoms with E-state index >= 15 is 0 Å². The first-order valence-corrected chi connectivity index (χ1v) is 42.3. The van der Waals surface area contributed by atoms with Crippen molar-refractivity contribution in [1.29, 1.82) is 0 Å². The summed E-state index contributed by atoms with van der Waals surface area (Å²) >= 11 is 0. The smallest absolute Gasteiger partial charge is 0.408 e. The standard InChI is InChI=1S/C90H159O3P/c1-19-25-31-37-43-49-55-67-85(7,8)76-61-64-82(79(73-76)88(13,14)70-58-52-46-40-34-28-22-4)91-94(92-83-65-62-77(86(9,10)68-56-50-44-38-32-26-20-2)74-80(83)89(15,16)71-59-53-47-41-35-29-23-5)93-84-66-63-78(87(11,12)69-57-51-45-39-33-27-21-3)75-81(84)90(17,18)72-60-54-48-42-36-30-24-6/h61-66,73-75H,19-60,67-72H2,1-18H3. The van der Waals surface area contributed by atoms with E-state index in [0.29, 0.717) is 0 Å². The number of benzene rings is 3. The van der Waals surface area contributed by atoms with Crippen LogP contribution in [-0.2, 0) is 32.5 Å². The van der Waals surface area contributed by atoms with Gasteiger partial charge in [0.2, 0.25) is 0 Å². The lowest BCUT2D eigenvalue weighted by atomic mass is 9.74. The fourth-order valence-electron chi connectivity index (χ4n) is 15.0. The molecule has 4 heteroatoms. The maximum absolute atomic E-state index is 7.77. The van der Waals surface area contributed by atoms with Gasteiger partial charge in [-0.1, -0.05) is 431 Å². The van der Waals surface area contributed by atoms with Crippen LogP contribution in [-0.4, -0.2) is 0 Å². The number of hydrogen-bond donors (Lipinski definition) is 0. The summed E-state index contributed by atoms with van der Waals surface area (Å²) in [4.78, 5) is 0. The van der Waals surface area contributed by atoms with Gasteiger partial charge in [-0.15, -0.1) is 0 Å². The summed E-state index contributed by atoms with van der Waals surface area (Å²) in [6.45, 7) is 43.9. The zero-order valence-corrected chi connectivity index (χ0v) is 67.2. The van der Waals surface area contributed by atoms with E-state index in [-0.39, 0.29) is 32.5 Å². The fourth-order valence-corrected chi connectivity index (χ4v) is 16.0. The normalized spacial score (nSPS) is 12.8. The van der Waals surface area contributed by atoms with E-state index in [9.17, 15) is 0 Å². The van der Waals surface area contributed by atoms with Gasteiger partial charge in [0.15, 0.2) is 0 Å². The summed E-state index contributed by atoms with van der Waals surface area (Å²) < 4.78 is 23.3. The van der Waals surface area contributed by atoms with E-state index in [1.807, 2.05) is 0 Å². The monoisotopic (exact) mass is 1320 g/mol. The van der Waals surface area contributed by atoms with Gasteiger partial charge in [0.25, 0.3) is 0 Å². The maximum Gasteiger partial charge on any atom is 0.530 e. The summed E-state index contributed by atoms with van der Waals surface area (Å²) in [6.07, 6.45) is 62.3. The molecule has 0 unspecified atom stereocenters. The molecule has 0 aliphatic carbocycles. The Bertz CT molecular complexity index is 2110. The molecular weight excluding hydrogens is 1160 g/mol. The number of hydrogen-bond acceptors (Lipinski definition) is 3. The van der Waals surface area contributed by atoms with Crippen LogP contribution in [0.4, 0.5) is 0 Å². The van der Waals surface area contributed by atoms with Crippen LogP contribution in [0.5, 0.6) is 17.2 Å². The summed E-state index contributed by atoms with van der Waals surface area (Å²) in [5.74, 6) is 2.76. The zero-order chi connectivity index (χ0) is 69.2. The SMILES string of the molecule is CCCCCCCCCC(C)(C)c1ccc(OP(Oc2ccc(C(C)(C)CCCCCCCCC)cc2C(C)(C)CCCCCCCCC)Oc2ccc(C(C)(C)CCCCCCCCC)cc2C(C)(C)CCCCCCCCC)c(C(C)(C)CCCCCCCCC)c1. The highest BCUT2D eigenvalue weighted by Gasteiger charge is 2.36. The first kappa shape index (κ1) is 85.7. The minimum Gasteiger partial charge on any atom is -0.408 e. The van der Waals surface area contributed by atoms with Crippen molar-refractivity contribution in [2.75, 3.05) is 0 Å². The van der Waals surface area contributed by atoms with Crippen LogP contribution >= 0.6 is 8.60 Å². The van der Waals surface area contributed by atoms with Gasteiger partial charge >= 0.3 is 8.60 Å². The quantitative estimate of drug-likeness (QED) is 0.0416. The van der Waals surface area contributed by atoms with Gasteiger partial charge in [-0.05, 0) is 106 Å². The van der Waals surface area contributed by atoms with Crippen molar-refractivity contribution in [3.8, 4) is 17.2 Å². The van der Waals surface area contributed by atoms with Crippen LogP contribution in [0.15, 0.2) is 54.6 Å². The average Bonchev–Trinajstić information content (AvgIpc) is 0.791. The van der Waals surface area contributed by atoms with Gasteiger partial charge < -0.3 is 13.6 Å². The summed E-state index contributed by atoms with van der Waals surface area (Å²) in [6, 6.07) is 22.0. The Labute approximate surface area is 589 Å². The Morgan fingerprint density at radius 3 is 0.553 bits per heavy atom. The van der Waals surface area contributed by atoms with E-state index < -0.39 is 8.60 Å².